The first kappa shape index (κ1) is 17.5. The lowest BCUT2D eigenvalue weighted by atomic mass is 10.1. The minimum atomic E-state index is -3.12. The fourth-order valence-corrected chi connectivity index (χ4v) is 3.54. The van der Waals surface area contributed by atoms with Crippen molar-refractivity contribution >= 4 is 15.9 Å². The van der Waals surface area contributed by atoms with E-state index in [0.29, 0.717) is 25.9 Å². The number of urea groups is 1. The summed E-state index contributed by atoms with van der Waals surface area (Å²) < 4.78 is 41.4. The van der Waals surface area contributed by atoms with E-state index < -0.39 is 20.9 Å². The number of benzene rings is 1. The fourth-order valence-electron chi connectivity index (χ4n) is 2.55. The Kier molecular flexibility index (Phi) is 5.46. The van der Waals surface area contributed by atoms with Gasteiger partial charge in [0.05, 0.1) is 12.4 Å². The topological polar surface area (TPSA) is 75.7 Å². The van der Waals surface area contributed by atoms with Gasteiger partial charge in [-0.05, 0) is 30.5 Å². The quantitative estimate of drug-likeness (QED) is 0.871. The number of likely N-dealkylation sites (tertiary alicyclic amines) is 1. The molecule has 0 unspecified atom stereocenters. The molecule has 23 heavy (non-hydrogen) atoms. The summed E-state index contributed by atoms with van der Waals surface area (Å²) in [5.74, 6) is -0.256. The molecule has 128 valence electrons. The highest BCUT2D eigenvalue weighted by Crippen LogP contribution is 2.18. The highest BCUT2D eigenvalue weighted by Gasteiger charge is 2.32. The zero-order valence-corrected chi connectivity index (χ0v) is 14.0. The van der Waals surface area contributed by atoms with Crippen molar-refractivity contribution in [2.24, 2.45) is 0 Å². The van der Waals surface area contributed by atoms with Crippen LogP contribution in [0, 0.1) is 5.82 Å². The number of hydrogen-bond acceptors (Lipinski definition) is 4. The summed E-state index contributed by atoms with van der Waals surface area (Å²) in [6.45, 7) is 1.01. The number of methoxy groups -OCH3 is 1. The van der Waals surface area contributed by atoms with Crippen molar-refractivity contribution in [3.8, 4) is 5.75 Å². The van der Waals surface area contributed by atoms with Crippen LogP contribution >= 0.6 is 0 Å². The Morgan fingerprint density at radius 2 is 2.22 bits per heavy atom. The van der Waals surface area contributed by atoms with E-state index in [-0.39, 0.29) is 18.3 Å². The molecule has 8 heteroatoms. The van der Waals surface area contributed by atoms with Crippen molar-refractivity contribution in [1.29, 1.82) is 0 Å². The molecule has 1 aromatic carbocycles. The molecule has 2 rings (SSSR count). The van der Waals surface area contributed by atoms with Gasteiger partial charge in [-0.1, -0.05) is 6.07 Å². The second-order valence-electron chi connectivity index (χ2n) is 5.64. The number of nitrogens with zero attached hydrogens (tertiary/aromatic N) is 1. The van der Waals surface area contributed by atoms with Gasteiger partial charge in [-0.3, -0.25) is 0 Å². The predicted molar refractivity (Wildman–Crippen MR) is 84.9 cm³/mol. The van der Waals surface area contributed by atoms with Crippen LogP contribution in [0.5, 0.6) is 5.75 Å². The molecule has 2 amide bonds. The molecule has 1 aliphatic heterocycles. The Labute approximate surface area is 135 Å². The normalized spacial score (nSPS) is 18.0. The maximum absolute atomic E-state index is 13.6. The molecule has 6 nitrogen and oxygen atoms in total. The first-order chi connectivity index (χ1) is 10.8. The van der Waals surface area contributed by atoms with Crippen LogP contribution in [0.4, 0.5) is 9.18 Å². The molecule has 1 fully saturated rings. The van der Waals surface area contributed by atoms with Crippen LogP contribution in [0.1, 0.15) is 12.0 Å². The van der Waals surface area contributed by atoms with Gasteiger partial charge in [0, 0.05) is 25.9 Å². The molecule has 1 aliphatic rings. The van der Waals surface area contributed by atoms with E-state index in [2.05, 4.69) is 5.32 Å². The molecule has 1 aromatic rings. The van der Waals surface area contributed by atoms with Gasteiger partial charge < -0.3 is 15.0 Å². The zero-order chi connectivity index (χ0) is 17.0. The second kappa shape index (κ2) is 7.16. The van der Waals surface area contributed by atoms with E-state index >= 15 is 0 Å². The van der Waals surface area contributed by atoms with Crippen LogP contribution in [-0.4, -0.2) is 57.6 Å². The van der Waals surface area contributed by atoms with Gasteiger partial charge in [0.25, 0.3) is 0 Å². The molecule has 1 heterocycles. The number of amides is 2. The zero-order valence-electron chi connectivity index (χ0n) is 13.2. The summed E-state index contributed by atoms with van der Waals surface area (Å²) in [7, 11) is -1.72. The van der Waals surface area contributed by atoms with Crippen molar-refractivity contribution < 1.29 is 22.3 Å². The lowest BCUT2D eigenvalue weighted by Gasteiger charge is -2.17. The smallest absolute Gasteiger partial charge is 0.317 e. The van der Waals surface area contributed by atoms with Gasteiger partial charge >= 0.3 is 6.03 Å². The highest BCUT2D eigenvalue weighted by atomic mass is 32.2. The summed E-state index contributed by atoms with van der Waals surface area (Å²) in [6.07, 6.45) is 2.14. The average Bonchev–Trinajstić information content (AvgIpc) is 2.97. The monoisotopic (exact) mass is 344 g/mol. The molecule has 0 radical (unpaired) electrons. The Morgan fingerprint density at radius 3 is 2.78 bits per heavy atom. The lowest BCUT2D eigenvalue weighted by molar-refractivity contribution is 0.209. The fraction of sp³-hybridized carbons (Fsp3) is 0.533. The van der Waals surface area contributed by atoms with E-state index in [1.807, 2.05) is 0 Å². The van der Waals surface area contributed by atoms with E-state index in [4.69, 9.17) is 4.74 Å². The number of carbonyl (C=O) groups excluding carboxylic acids is 1. The lowest BCUT2D eigenvalue weighted by Crippen LogP contribution is -2.40. The van der Waals surface area contributed by atoms with Crippen LogP contribution in [0.3, 0.4) is 0 Å². The van der Waals surface area contributed by atoms with Gasteiger partial charge in [0.15, 0.2) is 21.4 Å². The molecule has 1 atom stereocenters. The van der Waals surface area contributed by atoms with Gasteiger partial charge in [-0.15, -0.1) is 0 Å². The van der Waals surface area contributed by atoms with Crippen molar-refractivity contribution in [2.75, 3.05) is 33.0 Å². The number of ether oxygens (including phenoxy) is 1. The number of carbonyl (C=O) groups is 1. The summed E-state index contributed by atoms with van der Waals surface area (Å²) in [5.41, 5.74) is 0.749. The average molecular weight is 344 g/mol. The second-order valence-corrected chi connectivity index (χ2v) is 7.96. The van der Waals surface area contributed by atoms with Crippen LogP contribution in [0.25, 0.3) is 0 Å². The van der Waals surface area contributed by atoms with Crippen LogP contribution in [0.15, 0.2) is 18.2 Å². The summed E-state index contributed by atoms with van der Waals surface area (Å²) in [5, 5.41) is 2.25. The minimum absolute atomic E-state index is 0.182. The minimum Gasteiger partial charge on any atom is -0.494 e. The number of halogens is 1. The van der Waals surface area contributed by atoms with Crippen molar-refractivity contribution in [3.05, 3.63) is 29.6 Å². The van der Waals surface area contributed by atoms with E-state index in [1.165, 1.54) is 24.3 Å². The van der Waals surface area contributed by atoms with E-state index in [9.17, 15) is 17.6 Å². The first-order valence-electron chi connectivity index (χ1n) is 7.35. The van der Waals surface area contributed by atoms with E-state index in [1.54, 1.807) is 12.1 Å². The first-order valence-corrected chi connectivity index (χ1v) is 9.31. The summed E-state index contributed by atoms with van der Waals surface area (Å²) in [6, 6.07) is 4.37. The van der Waals surface area contributed by atoms with Crippen LogP contribution in [-0.2, 0) is 16.3 Å². The number of rotatable bonds is 5. The number of sulfone groups is 1. The predicted octanol–water partition coefficient (Wildman–Crippen LogP) is 1.21. The molecular weight excluding hydrogens is 323 g/mol. The molecule has 0 aliphatic carbocycles. The SMILES string of the molecule is COc1ccc(CCNC(=O)N2CC[C@H](S(C)(=O)=O)C2)cc1F. The molecule has 0 spiro atoms. The third kappa shape index (κ3) is 4.57. The number of nitrogens with one attached hydrogen (secondary N) is 1. The highest BCUT2D eigenvalue weighted by molar-refractivity contribution is 7.91. The molecule has 0 saturated carbocycles. The number of hydrogen-bond donors (Lipinski definition) is 1. The third-order valence-electron chi connectivity index (χ3n) is 3.94. The maximum atomic E-state index is 13.6. The Hall–Kier alpha value is -1.83. The van der Waals surface area contributed by atoms with Gasteiger partial charge in [-0.2, -0.15) is 0 Å². The van der Waals surface area contributed by atoms with Crippen molar-refractivity contribution in [2.45, 2.75) is 18.1 Å². The molecular formula is C15H21FN2O4S. The maximum Gasteiger partial charge on any atom is 0.317 e. The molecule has 1 saturated heterocycles. The molecule has 1 N–H and O–H groups in total. The van der Waals surface area contributed by atoms with Gasteiger partial charge in [-0.25, -0.2) is 17.6 Å². The van der Waals surface area contributed by atoms with E-state index in [0.717, 1.165) is 5.56 Å². The Balaban J connectivity index is 1.80. The van der Waals surface area contributed by atoms with Gasteiger partial charge in [0.1, 0.15) is 0 Å². The van der Waals surface area contributed by atoms with Crippen LogP contribution < -0.4 is 10.1 Å². The van der Waals surface area contributed by atoms with Crippen LogP contribution in [0.2, 0.25) is 0 Å². The Bertz CT molecular complexity index is 678. The summed E-state index contributed by atoms with van der Waals surface area (Å²) in [4.78, 5) is 13.5. The largest absolute Gasteiger partial charge is 0.494 e. The van der Waals surface area contributed by atoms with Gasteiger partial charge in [0.2, 0.25) is 0 Å². The van der Waals surface area contributed by atoms with Crippen molar-refractivity contribution in [1.82, 2.24) is 10.2 Å². The molecule has 0 bridgehead atoms. The Morgan fingerprint density at radius 1 is 1.48 bits per heavy atom. The summed E-state index contributed by atoms with van der Waals surface area (Å²) >= 11 is 0. The third-order valence-corrected chi connectivity index (χ3v) is 5.54. The molecule has 0 aromatic heterocycles. The van der Waals surface area contributed by atoms with Crippen molar-refractivity contribution in [3.63, 3.8) is 0 Å². The standard InChI is InChI=1S/C15H21FN2O4S/c1-22-14-4-3-11(9-13(14)16)5-7-17-15(19)18-8-6-12(10-18)23(2,20)21/h3-4,9,12H,5-8,10H2,1-2H3,(H,17,19)/t12-/m0/s1.